The van der Waals surface area contributed by atoms with Crippen LogP contribution in [-0.4, -0.2) is 14.3 Å². The van der Waals surface area contributed by atoms with Crippen molar-refractivity contribution in [1.82, 2.24) is 14.3 Å². The third-order valence-corrected chi connectivity index (χ3v) is 3.00. The fraction of sp³-hybridized carbons (Fsp3) is 0.154. The van der Waals surface area contributed by atoms with E-state index in [2.05, 4.69) is 47.2 Å². The molecule has 3 rings (SSSR count). The Labute approximate surface area is 93.9 Å². The van der Waals surface area contributed by atoms with E-state index < -0.39 is 0 Å². The molecule has 16 heavy (non-hydrogen) atoms. The maximum absolute atomic E-state index is 4.19. The van der Waals surface area contributed by atoms with E-state index in [1.165, 1.54) is 16.5 Å². The van der Waals surface area contributed by atoms with Crippen molar-refractivity contribution in [3.63, 3.8) is 0 Å². The van der Waals surface area contributed by atoms with Gasteiger partial charge in [0, 0.05) is 37.6 Å². The number of hydrogen-bond donors (Lipinski definition) is 0. The highest BCUT2D eigenvalue weighted by molar-refractivity contribution is 5.84. The summed E-state index contributed by atoms with van der Waals surface area (Å²) in [6, 6.07) is 10.6. The van der Waals surface area contributed by atoms with Gasteiger partial charge in [-0.25, -0.2) is 0 Å². The van der Waals surface area contributed by atoms with Crippen LogP contribution in [-0.2, 0) is 14.1 Å². The van der Waals surface area contributed by atoms with Crippen molar-refractivity contribution in [2.75, 3.05) is 0 Å². The fourth-order valence-electron chi connectivity index (χ4n) is 2.08. The second kappa shape index (κ2) is 3.23. The van der Waals surface area contributed by atoms with Gasteiger partial charge in [0.2, 0.25) is 0 Å². The second-order valence-corrected chi connectivity index (χ2v) is 4.04. The SMILES string of the molecule is Cn1nccc1-c1ccc2ccn(C)c2c1. The quantitative estimate of drug-likeness (QED) is 0.606. The van der Waals surface area contributed by atoms with Crippen LogP contribution in [0.2, 0.25) is 0 Å². The number of rotatable bonds is 1. The molecular weight excluding hydrogens is 198 g/mol. The van der Waals surface area contributed by atoms with Gasteiger partial charge in [0.15, 0.2) is 0 Å². The van der Waals surface area contributed by atoms with Crippen LogP contribution in [0.3, 0.4) is 0 Å². The molecule has 0 unspecified atom stereocenters. The summed E-state index contributed by atoms with van der Waals surface area (Å²) in [4.78, 5) is 0. The fourth-order valence-corrected chi connectivity index (χ4v) is 2.08. The molecule has 0 fully saturated rings. The van der Waals surface area contributed by atoms with Crippen LogP contribution in [0.4, 0.5) is 0 Å². The molecular formula is C13H13N3. The lowest BCUT2D eigenvalue weighted by atomic mass is 10.1. The maximum atomic E-state index is 4.19. The lowest BCUT2D eigenvalue weighted by Crippen LogP contribution is -1.93. The number of aryl methyl sites for hydroxylation is 2. The minimum atomic E-state index is 1.14. The number of hydrogen-bond acceptors (Lipinski definition) is 1. The standard InChI is InChI=1S/C13H13N3/c1-15-8-6-10-3-4-11(9-13(10)15)12-5-7-14-16(12)2/h3-9H,1-2H3. The van der Waals surface area contributed by atoms with Gasteiger partial charge in [-0.1, -0.05) is 12.1 Å². The largest absolute Gasteiger partial charge is 0.351 e. The minimum absolute atomic E-state index is 1.14. The van der Waals surface area contributed by atoms with E-state index in [0.29, 0.717) is 0 Å². The van der Waals surface area contributed by atoms with Crippen LogP contribution in [0.15, 0.2) is 42.7 Å². The normalized spacial score (nSPS) is 11.1. The van der Waals surface area contributed by atoms with E-state index in [4.69, 9.17) is 0 Å². The van der Waals surface area contributed by atoms with Crippen LogP contribution in [0.5, 0.6) is 0 Å². The van der Waals surface area contributed by atoms with Crippen molar-refractivity contribution in [3.05, 3.63) is 42.7 Å². The topological polar surface area (TPSA) is 22.8 Å². The molecule has 3 nitrogen and oxygen atoms in total. The van der Waals surface area contributed by atoms with Gasteiger partial charge in [0.25, 0.3) is 0 Å². The first-order valence-corrected chi connectivity index (χ1v) is 5.29. The molecule has 0 N–H and O–H groups in total. The molecule has 0 saturated carbocycles. The summed E-state index contributed by atoms with van der Waals surface area (Å²) < 4.78 is 4.03. The Hall–Kier alpha value is -2.03. The van der Waals surface area contributed by atoms with Gasteiger partial charge in [-0.2, -0.15) is 5.10 Å². The molecule has 0 spiro atoms. The van der Waals surface area contributed by atoms with Crippen molar-refractivity contribution in [1.29, 1.82) is 0 Å². The van der Waals surface area contributed by atoms with Crippen molar-refractivity contribution in [2.45, 2.75) is 0 Å². The van der Waals surface area contributed by atoms with E-state index in [1.54, 1.807) is 0 Å². The summed E-state index contributed by atoms with van der Waals surface area (Å²) in [5.74, 6) is 0. The van der Waals surface area contributed by atoms with Gasteiger partial charge in [-0.3, -0.25) is 4.68 Å². The third kappa shape index (κ3) is 1.25. The Morgan fingerprint density at radius 2 is 1.94 bits per heavy atom. The average Bonchev–Trinajstić information content (AvgIpc) is 2.86. The highest BCUT2D eigenvalue weighted by Crippen LogP contribution is 2.24. The van der Waals surface area contributed by atoms with Gasteiger partial charge in [-0.15, -0.1) is 0 Å². The summed E-state index contributed by atoms with van der Waals surface area (Å²) in [7, 11) is 4.03. The molecule has 0 bridgehead atoms. The molecule has 3 heteroatoms. The predicted molar refractivity (Wildman–Crippen MR) is 65.1 cm³/mol. The van der Waals surface area contributed by atoms with Crippen molar-refractivity contribution < 1.29 is 0 Å². The lowest BCUT2D eigenvalue weighted by Gasteiger charge is -2.03. The van der Waals surface area contributed by atoms with Crippen molar-refractivity contribution in [2.24, 2.45) is 14.1 Å². The van der Waals surface area contributed by atoms with Gasteiger partial charge < -0.3 is 4.57 Å². The molecule has 0 radical (unpaired) electrons. The summed E-state index contributed by atoms with van der Waals surface area (Å²) in [5.41, 5.74) is 3.59. The molecule has 0 aliphatic carbocycles. The minimum Gasteiger partial charge on any atom is -0.351 e. The zero-order chi connectivity index (χ0) is 11.1. The summed E-state index contributed by atoms with van der Waals surface area (Å²) in [6.45, 7) is 0. The smallest absolute Gasteiger partial charge is 0.0679 e. The molecule has 0 atom stereocenters. The van der Waals surface area contributed by atoms with Gasteiger partial charge >= 0.3 is 0 Å². The molecule has 80 valence electrons. The first-order chi connectivity index (χ1) is 7.75. The van der Waals surface area contributed by atoms with Gasteiger partial charge in [-0.05, 0) is 23.6 Å². The monoisotopic (exact) mass is 211 g/mol. The molecule has 1 aromatic carbocycles. The predicted octanol–water partition coefficient (Wildman–Crippen LogP) is 2.58. The van der Waals surface area contributed by atoms with E-state index in [-0.39, 0.29) is 0 Å². The van der Waals surface area contributed by atoms with Crippen molar-refractivity contribution >= 4 is 10.9 Å². The number of fused-ring (bicyclic) bond motifs is 1. The summed E-state index contributed by atoms with van der Waals surface area (Å²) in [5, 5.41) is 5.46. The molecule has 0 aliphatic rings. The van der Waals surface area contributed by atoms with E-state index >= 15 is 0 Å². The zero-order valence-electron chi connectivity index (χ0n) is 9.38. The Kier molecular flexibility index (Phi) is 1.86. The van der Waals surface area contributed by atoms with Crippen LogP contribution in [0.1, 0.15) is 0 Å². The molecule has 2 heterocycles. The Morgan fingerprint density at radius 1 is 1.06 bits per heavy atom. The molecule has 0 aliphatic heterocycles. The highest BCUT2D eigenvalue weighted by atomic mass is 15.3. The van der Waals surface area contributed by atoms with E-state index in [1.807, 2.05) is 24.0 Å². The Bertz CT molecular complexity index is 646. The number of nitrogens with zero attached hydrogens (tertiary/aromatic N) is 3. The first kappa shape index (κ1) is 9.21. The molecule has 2 aromatic heterocycles. The maximum Gasteiger partial charge on any atom is 0.0679 e. The lowest BCUT2D eigenvalue weighted by molar-refractivity contribution is 0.776. The Morgan fingerprint density at radius 3 is 2.69 bits per heavy atom. The van der Waals surface area contributed by atoms with Crippen LogP contribution >= 0.6 is 0 Å². The van der Waals surface area contributed by atoms with Crippen LogP contribution in [0.25, 0.3) is 22.2 Å². The van der Waals surface area contributed by atoms with Crippen LogP contribution < -0.4 is 0 Å². The summed E-state index contributed by atoms with van der Waals surface area (Å²) >= 11 is 0. The van der Waals surface area contributed by atoms with E-state index in [9.17, 15) is 0 Å². The number of aromatic nitrogens is 3. The number of benzene rings is 1. The van der Waals surface area contributed by atoms with Crippen LogP contribution in [0, 0.1) is 0 Å². The zero-order valence-corrected chi connectivity index (χ0v) is 9.38. The molecule has 0 saturated heterocycles. The van der Waals surface area contributed by atoms with Gasteiger partial charge in [0.1, 0.15) is 0 Å². The second-order valence-electron chi connectivity index (χ2n) is 4.04. The summed E-state index contributed by atoms with van der Waals surface area (Å²) in [6.07, 6.45) is 3.90. The molecule has 3 aromatic rings. The Balaban J connectivity index is 2.25. The van der Waals surface area contributed by atoms with E-state index in [0.717, 1.165) is 5.69 Å². The third-order valence-electron chi connectivity index (χ3n) is 3.00. The van der Waals surface area contributed by atoms with Gasteiger partial charge in [0.05, 0.1) is 5.69 Å². The average molecular weight is 211 g/mol. The first-order valence-electron chi connectivity index (χ1n) is 5.29. The molecule has 0 amide bonds. The van der Waals surface area contributed by atoms with Crippen molar-refractivity contribution in [3.8, 4) is 11.3 Å². The highest BCUT2D eigenvalue weighted by Gasteiger charge is 2.04.